The van der Waals surface area contributed by atoms with Gasteiger partial charge in [-0.3, -0.25) is 9.63 Å². The van der Waals surface area contributed by atoms with E-state index >= 15 is 0 Å². The van der Waals surface area contributed by atoms with Crippen LogP contribution in [0.2, 0.25) is 0 Å². The summed E-state index contributed by atoms with van der Waals surface area (Å²) in [6, 6.07) is 3.83. The molecule has 1 aromatic rings. The molecule has 0 unspecified atom stereocenters. The molecule has 3 rings (SSSR count). The topological polar surface area (TPSA) is 29.5 Å². The van der Waals surface area contributed by atoms with Gasteiger partial charge >= 0.3 is 0 Å². The van der Waals surface area contributed by atoms with Gasteiger partial charge in [-0.1, -0.05) is 6.07 Å². The molecule has 2 atom stereocenters. The van der Waals surface area contributed by atoms with Crippen molar-refractivity contribution < 1.29 is 18.4 Å². The Kier molecular flexibility index (Phi) is 2.78. The standard InChI is InChI=1S/C13H13F2NO2/c14-11-3-2-8(6-12(11)15)9-7-10(9)13(17)16-4-1-5-18-16/h2-3,6,9-10H,1,4-5,7H2/t9-,10-/m1/s1. The summed E-state index contributed by atoms with van der Waals surface area (Å²) in [5.41, 5.74) is 0.687. The van der Waals surface area contributed by atoms with Gasteiger partial charge in [0.2, 0.25) is 5.91 Å². The molecule has 1 saturated heterocycles. The molecule has 3 nitrogen and oxygen atoms in total. The Hall–Kier alpha value is -1.49. The fraction of sp³-hybridized carbons (Fsp3) is 0.462. The van der Waals surface area contributed by atoms with Crippen LogP contribution in [0, 0.1) is 17.6 Å². The van der Waals surface area contributed by atoms with E-state index in [0.29, 0.717) is 25.1 Å². The SMILES string of the molecule is O=C([C@@H]1C[C@@H]1c1ccc(F)c(F)c1)N1CCCO1. The zero-order valence-electron chi connectivity index (χ0n) is 9.73. The average molecular weight is 253 g/mol. The van der Waals surface area contributed by atoms with Gasteiger partial charge in [0.15, 0.2) is 11.6 Å². The highest BCUT2D eigenvalue weighted by Crippen LogP contribution is 2.48. The molecule has 1 amide bonds. The number of carbonyl (C=O) groups is 1. The van der Waals surface area contributed by atoms with E-state index in [1.807, 2.05) is 0 Å². The van der Waals surface area contributed by atoms with Crippen LogP contribution in [0.15, 0.2) is 18.2 Å². The first-order chi connectivity index (χ1) is 8.66. The van der Waals surface area contributed by atoms with Crippen molar-refractivity contribution in [1.82, 2.24) is 5.06 Å². The van der Waals surface area contributed by atoms with Crippen molar-refractivity contribution in [3.05, 3.63) is 35.4 Å². The Balaban J connectivity index is 1.69. The maximum absolute atomic E-state index is 13.1. The van der Waals surface area contributed by atoms with E-state index in [2.05, 4.69) is 0 Å². The summed E-state index contributed by atoms with van der Waals surface area (Å²) in [7, 11) is 0. The van der Waals surface area contributed by atoms with Gasteiger partial charge < -0.3 is 0 Å². The number of rotatable bonds is 2. The smallest absolute Gasteiger partial charge is 0.249 e. The fourth-order valence-electron chi connectivity index (χ4n) is 2.39. The lowest BCUT2D eigenvalue weighted by atomic mass is 10.1. The Morgan fingerprint density at radius 2 is 2.17 bits per heavy atom. The lowest BCUT2D eigenvalue weighted by molar-refractivity contribution is -0.170. The lowest BCUT2D eigenvalue weighted by Crippen LogP contribution is -2.28. The van der Waals surface area contributed by atoms with Crippen LogP contribution in [-0.2, 0) is 9.63 Å². The number of benzene rings is 1. The lowest BCUT2D eigenvalue weighted by Gasteiger charge is -2.13. The normalized spacial score (nSPS) is 26.4. The first kappa shape index (κ1) is 11.6. The van der Waals surface area contributed by atoms with Crippen LogP contribution >= 0.6 is 0 Å². The fourth-order valence-corrected chi connectivity index (χ4v) is 2.39. The van der Waals surface area contributed by atoms with E-state index in [9.17, 15) is 13.6 Å². The summed E-state index contributed by atoms with van der Waals surface area (Å²) in [6.45, 7) is 1.20. The van der Waals surface area contributed by atoms with E-state index in [0.717, 1.165) is 12.5 Å². The monoisotopic (exact) mass is 253 g/mol. The van der Waals surface area contributed by atoms with Crippen LogP contribution in [0.1, 0.15) is 24.3 Å². The highest BCUT2D eigenvalue weighted by molar-refractivity contribution is 5.82. The van der Waals surface area contributed by atoms with Crippen LogP contribution in [0.25, 0.3) is 0 Å². The predicted molar refractivity (Wildman–Crippen MR) is 59.5 cm³/mol. The molecule has 1 heterocycles. The molecule has 96 valence electrons. The number of hydrogen-bond donors (Lipinski definition) is 0. The van der Waals surface area contributed by atoms with Crippen molar-refractivity contribution >= 4 is 5.91 Å². The molecule has 0 spiro atoms. The van der Waals surface area contributed by atoms with Gasteiger partial charge in [0.1, 0.15) is 0 Å². The van der Waals surface area contributed by atoms with Gasteiger partial charge in [-0.2, -0.15) is 0 Å². The van der Waals surface area contributed by atoms with Crippen molar-refractivity contribution in [3.63, 3.8) is 0 Å². The van der Waals surface area contributed by atoms with Gasteiger partial charge in [-0.15, -0.1) is 0 Å². The Bertz CT molecular complexity index is 486. The molecular weight excluding hydrogens is 240 g/mol. The number of hydrogen-bond acceptors (Lipinski definition) is 2. The molecule has 2 fully saturated rings. The number of hydroxylamine groups is 2. The number of amides is 1. The van der Waals surface area contributed by atoms with E-state index < -0.39 is 11.6 Å². The van der Waals surface area contributed by atoms with Gasteiger partial charge in [0, 0.05) is 5.92 Å². The van der Waals surface area contributed by atoms with Crippen LogP contribution in [-0.4, -0.2) is 24.1 Å². The maximum atomic E-state index is 13.1. The van der Waals surface area contributed by atoms with Crippen LogP contribution in [0.4, 0.5) is 8.78 Å². The molecule has 1 saturated carbocycles. The molecule has 5 heteroatoms. The minimum Gasteiger partial charge on any atom is -0.272 e. The third kappa shape index (κ3) is 1.99. The molecular formula is C13H13F2NO2. The molecule has 1 aromatic carbocycles. The second kappa shape index (κ2) is 4.31. The summed E-state index contributed by atoms with van der Waals surface area (Å²) >= 11 is 0. The second-order valence-corrected chi connectivity index (χ2v) is 4.75. The molecule has 0 N–H and O–H groups in total. The van der Waals surface area contributed by atoms with Gasteiger partial charge in [0.05, 0.1) is 13.2 Å². The zero-order valence-corrected chi connectivity index (χ0v) is 9.73. The number of halogens is 2. The van der Waals surface area contributed by atoms with E-state index in [-0.39, 0.29) is 17.7 Å². The summed E-state index contributed by atoms with van der Waals surface area (Å²) in [6.07, 6.45) is 1.54. The summed E-state index contributed by atoms with van der Waals surface area (Å²) in [5.74, 6) is -1.90. The van der Waals surface area contributed by atoms with Gasteiger partial charge in [-0.25, -0.2) is 13.8 Å². The van der Waals surface area contributed by atoms with Crippen molar-refractivity contribution in [3.8, 4) is 0 Å². The van der Waals surface area contributed by atoms with Gasteiger partial charge in [-0.05, 0) is 36.5 Å². The number of nitrogens with zero attached hydrogens (tertiary/aromatic N) is 1. The minimum absolute atomic E-state index is 0.00296. The molecule has 0 bridgehead atoms. The third-order valence-corrected chi connectivity index (χ3v) is 3.48. The minimum atomic E-state index is -0.858. The second-order valence-electron chi connectivity index (χ2n) is 4.75. The average Bonchev–Trinajstić information content (AvgIpc) is 2.97. The molecule has 1 aliphatic heterocycles. The van der Waals surface area contributed by atoms with E-state index in [1.165, 1.54) is 11.1 Å². The van der Waals surface area contributed by atoms with E-state index in [1.54, 1.807) is 6.07 Å². The van der Waals surface area contributed by atoms with Crippen molar-refractivity contribution in [2.45, 2.75) is 18.8 Å². The molecule has 0 aromatic heterocycles. The zero-order chi connectivity index (χ0) is 12.7. The van der Waals surface area contributed by atoms with Crippen LogP contribution < -0.4 is 0 Å². The molecule has 18 heavy (non-hydrogen) atoms. The Morgan fingerprint density at radius 1 is 1.33 bits per heavy atom. The predicted octanol–water partition coefficient (Wildman–Crippen LogP) is 2.23. The first-order valence-electron chi connectivity index (χ1n) is 6.06. The highest BCUT2D eigenvalue weighted by Gasteiger charge is 2.46. The quantitative estimate of drug-likeness (QED) is 0.809. The molecule has 2 aliphatic rings. The Morgan fingerprint density at radius 3 is 2.83 bits per heavy atom. The van der Waals surface area contributed by atoms with Crippen molar-refractivity contribution in [1.29, 1.82) is 0 Å². The number of carbonyl (C=O) groups excluding carboxylic acids is 1. The highest BCUT2D eigenvalue weighted by atomic mass is 19.2. The molecule has 1 aliphatic carbocycles. The van der Waals surface area contributed by atoms with Crippen LogP contribution in [0.3, 0.4) is 0 Å². The largest absolute Gasteiger partial charge is 0.272 e. The van der Waals surface area contributed by atoms with E-state index in [4.69, 9.17) is 4.84 Å². The van der Waals surface area contributed by atoms with Crippen molar-refractivity contribution in [2.75, 3.05) is 13.2 Å². The summed E-state index contributed by atoms with van der Waals surface area (Å²) in [4.78, 5) is 17.2. The summed E-state index contributed by atoms with van der Waals surface area (Å²) in [5, 5.41) is 1.39. The van der Waals surface area contributed by atoms with Crippen molar-refractivity contribution in [2.24, 2.45) is 5.92 Å². The molecule has 0 radical (unpaired) electrons. The van der Waals surface area contributed by atoms with Crippen LogP contribution in [0.5, 0.6) is 0 Å². The summed E-state index contributed by atoms with van der Waals surface area (Å²) < 4.78 is 25.9. The third-order valence-electron chi connectivity index (χ3n) is 3.48. The van der Waals surface area contributed by atoms with Gasteiger partial charge in [0.25, 0.3) is 0 Å². The maximum Gasteiger partial charge on any atom is 0.249 e. The Labute approximate surface area is 103 Å². The first-order valence-corrected chi connectivity index (χ1v) is 6.06.